The molecule has 0 spiro atoms. The summed E-state index contributed by atoms with van der Waals surface area (Å²) in [6, 6.07) is 20.4. The number of carbonyl (C=O) groups excluding carboxylic acids is 1. The van der Waals surface area contributed by atoms with Gasteiger partial charge in [-0.15, -0.1) is 11.3 Å². The van der Waals surface area contributed by atoms with E-state index < -0.39 is 0 Å². The van der Waals surface area contributed by atoms with Crippen LogP contribution in [0.3, 0.4) is 0 Å². The molecule has 1 aliphatic heterocycles. The minimum absolute atomic E-state index is 0.0251. The highest BCUT2D eigenvalue weighted by Gasteiger charge is 2.27. The van der Waals surface area contributed by atoms with Gasteiger partial charge in [-0.3, -0.25) is 9.59 Å². The minimum Gasteiger partial charge on any atom is -0.322 e. The average Bonchev–Trinajstić information content (AvgIpc) is 3.31. The van der Waals surface area contributed by atoms with Gasteiger partial charge in [0, 0.05) is 42.0 Å². The highest BCUT2D eigenvalue weighted by molar-refractivity contribution is 7.12. The van der Waals surface area contributed by atoms with Gasteiger partial charge in [0.1, 0.15) is 0 Å². The molecule has 4 nitrogen and oxygen atoms in total. The number of hydrogen-bond acceptors (Lipinski definition) is 4. The summed E-state index contributed by atoms with van der Waals surface area (Å²) in [6.07, 6.45) is 4.49. The normalized spacial score (nSPS) is 16.3. The van der Waals surface area contributed by atoms with E-state index in [-0.39, 0.29) is 11.3 Å². The van der Waals surface area contributed by atoms with Crippen LogP contribution in [0.25, 0.3) is 16.5 Å². The van der Waals surface area contributed by atoms with Crippen LogP contribution in [-0.2, 0) is 12.8 Å². The van der Waals surface area contributed by atoms with Crippen molar-refractivity contribution in [2.45, 2.75) is 32.1 Å². The summed E-state index contributed by atoms with van der Waals surface area (Å²) in [5.41, 5.74) is 8.32. The van der Waals surface area contributed by atoms with Crippen LogP contribution in [0.5, 0.6) is 0 Å². The van der Waals surface area contributed by atoms with Crippen LogP contribution in [0, 0.1) is 0 Å². The van der Waals surface area contributed by atoms with Crippen molar-refractivity contribution in [1.29, 1.82) is 0 Å². The number of benzene rings is 2. The summed E-state index contributed by atoms with van der Waals surface area (Å²) in [4.78, 5) is 31.4. The van der Waals surface area contributed by atoms with Crippen LogP contribution < -0.4 is 5.56 Å². The monoisotopic (exact) mass is 480 g/mol. The zero-order chi connectivity index (χ0) is 23.8. The number of Topliss-reactive ketones (excluding diaryl/α,β-unsaturated/α-hetero) is 1. The van der Waals surface area contributed by atoms with Gasteiger partial charge in [-0.1, -0.05) is 48.0 Å². The second kappa shape index (κ2) is 9.40. The lowest BCUT2D eigenvalue weighted by atomic mass is 9.87. The molecule has 0 radical (unpaired) electrons. The number of hydrogen-bond donors (Lipinski definition) is 1. The maximum Gasteiger partial charge on any atom is 0.248 e. The van der Waals surface area contributed by atoms with Crippen molar-refractivity contribution in [1.82, 2.24) is 9.88 Å². The first-order chi connectivity index (χ1) is 17.2. The van der Waals surface area contributed by atoms with Crippen LogP contribution >= 0.6 is 11.3 Å². The van der Waals surface area contributed by atoms with E-state index in [2.05, 4.69) is 45.6 Å². The molecule has 0 atom stereocenters. The number of thiophene rings is 1. The van der Waals surface area contributed by atoms with Crippen LogP contribution in [0.2, 0.25) is 0 Å². The number of nitrogens with zero attached hydrogens (tertiary/aromatic N) is 1. The molecule has 0 bridgehead atoms. The van der Waals surface area contributed by atoms with Crippen LogP contribution in [0.15, 0.2) is 76.4 Å². The number of piperidine rings is 1. The van der Waals surface area contributed by atoms with Gasteiger partial charge in [0.15, 0.2) is 5.78 Å². The fraction of sp³-hybridized carbons (Fsp3) is 0.267. The molecule has 1 fully saturated rings. The summed E-state index contributed by atoms with van der Waals surface area (Å²) in [5, 5.41) is 3.20. The van der Waals surface area contributed by atoms with Crippen LogP contribution in [0.1, 0.15) is 51.2 Å². The Morgan fingerprint density at radius 2 is 1.71 bits per heavy atom. The number of rotatable bonds is 4. The van der Waals surface area contributed by atoms with E-state index >= 15 is 0 Å². The lowest BCUT2D eigenvalue weighted by Crippen LogP contribution is -2.32. The molecular formula is C30H28N2O2S. The zero-order valence-corrected chi connectivity index (χ0v) is 20.5. The number of ketones is 1. The summed E-state index contributed by atoms with van der Waals surface area (Å²) in [6.45, 7) is 3.09. The Labute approximate surface area is 208 Å². The molecule has 3 heterocycles. The van der Waals surface area contributed by atoms with E-state index in [1.807, 2.05) is 24.3 Å². The third-order valence-corrected chi connectivity index (χ3v) is 8.35. The molecule has 4 aromatic rings. The molecule has 1 saturated heterocycles. The van der Waals surface area contributed by atoms with Gasteiger partial charge in [-0.05, 0) is 72.0 Å². The number of aromatic nitrogens is 1. The predicted molar refractivity (Wildman–Crippen MR) is 143 cm³/mol. The Hall–Kier alpha value is -3.28. The molecule has 0 unspecified atom stereocenters. The van der Waals surface area contributed by atoms with Gasteiger partial charge in [0.2, 0.25) is 5.56 Å². The first-order valence-corrected chi connectivity index (χ1v) is 13.3. The Bertz CT molecular complexity index is 1500. The molecule has 176 valence electrons. The van der Waals surface area contributed by atoms with Gasteiger partial charge >= 0.3 is 0 Å². The summed E-state index contributed by atoms with van der Waals surface area (Å²) < 4.78 is 0. The third kappa shape index (κ3) is 4.30. The van der Waals surface area contributed by atoms with Gasteiger partial charge in [-0.25, -0.2) is 0 Å². The smallest absolute Gasteiger partial charge is 0.248 e. The lowest BCUT2D eigenvalue weighted by Gasteiger charge is -2.30. The zero-order valence-electron chi connectivity index (χ0n) is 19.7. The largest absolute Gasteiger partial charge is 0.322 e. The van der Waals surface area contributed by atoms with E-state index in [4.69, 9.17) is 0 Å². The van der Waals surface area contributed by atoms with Crippen molar-refractivity contribution >= 4 is 33.6 Å². The standard InChI is InChI=1S/C30H28N2O2S/c33-27-18-21-6-1-2-9-24(21)29(25-13-17-35-30(25)27)20-11-15-32(16-12-20)14-5-7-22-19-28(34)31-26-10-4-3-8-23(22)26/h1-4,6,8-10,13,17,19H,5,7,11-12,14-16,18H2,(H,31,34). The Balaban J connectivity index is 1.18. The SMILES string of the molecule is O=C1Cc2ccccc2C(=C2CCN(CCCc3cc(=O)[nH]c4ccccc34)CC2)c2ccsc21. The second-order valence-corrected chi connectivity index (χ2v) is 10.5. The summed E-state index contributed by atoms with van der Waals surface area (Å²) in [7, 11) is 0. The number of aromatic amines is 1. The van der Waals surface area contributed by atoms with Crippen molar-refractivity contribution in [3.8, 4) is 0 Å². The van der Waals surface area contributed by atoms with Crippen LogP contribution in [0.4, 0.5) is 0 Å². The number of likely N-dealkylation sites (tertiary alicyclic amines) is 1. The summed E-state index contributed by atoms with van der Waals surface area (Å²) in [5.74, 6) is 0.239. The number of para-hydroxylation sites is 1. The first kappa shape index (κ1) is 22.2. The number of pyridine rings is 1. The molecule has 35 heavy (non-hydrogen) atoms. The topological polar surface area (TPSA) is 53.2 Å². The molecule has 5 heteroatoms. The van der Waals surface area contributed by atoms with Crippen molar-refractivity contribution in [2.24, 2.45) is 0 Å². The van der Waals surface area contributed by atoms with Crippen molar-refractivity contribution < 1.29 is 4.79 Å². The second-order valence-electron chi connectivity index (χ2n) is 9.55. The highest BCUT2D eigenvalue weighted by Crippen LogP contribution is 2.40. The Kier molecular flexibility index (Phi) is 5.96. The van der Waals surface area contributed by atoms with E-state index in [1.54, 1.807) is 17.4 Å². The Morgan fingerprint density at radius 1 is 0.914 bits per heavy atom. The number of aryl methyl sites for hydroxylation is 1. The van der Waals surface area contributed by atoms with E-state index in [9.17, 15) is 9.59 Å². The molecule has 0 amide bonds. The quantitative estimate of drug-likeness (QED) is 0.398. The molecule has 1 N–H and O–H groups in total. The van der Waals surface area contributed by atoms with E-state index in [1.165, 1.54) is 16.7 Å². The van der Waals surface area contributed by atoms with E-state index in [0.29, 0.717) is 6.42 Å². The first-order valence-electron chi connectivity index (χ1n) is 12.4. The lowest BCUT2D eigenvalue weighted by molar-refractivity contribution is 0.0997. The summed E-state index contributed by atoms with van der Waals surface area (Å²) >= 11 is 1.58. The molecule has 0 saturated carbocycles. The van der Waals surface area contributed by atoms with Crippen LogP contribution in [-0.4, -0.2) is 35.3 Å². The fourth-order valence-corrected chi connectivity index (χ4v) is 6.53. The third-order valence-electron chi connectivity index (χ3n) is 7.40. The number of fused-ring (bicyclic) bond motifs is 3. The molecule has 6 rings (SSSR count). The molecule has 2 aromatic carbocycles. The predicted octanol–water partition coefficient (Wildman–Crippen LogP) is 5.86. The van der Waals surface area contributed by atoms with Crippen molar-refractivity contribution in [3.63, 3.8) is 0 Å². The number of nitrogens with one attached hydrogen (secondary N) is 1. The fourth-order valence-electron chi connectivity index (χ4n) is 5.69. The molecular weight excluding hydrogens is 452 g/mol. The minimum atomic E-state index is -0.0251. The number of H-pyrrole nitrogens is 1. The van der Waals surface area contributed by atoms with Gasteiger partial charge in [0.25, 0.3) is 0 Å². The average molecular weight is 481 g/mol. The maximum absolute atomic E-state index is 12.9. The van der Waals surface area contributed by atoms with Gasteiger partial charge < -0.3 is 9.88 Å². The van der Waals surface area contributed by atoms with Gasteiger partial charge in [-0.2, -0.15) is 0 Å². The molecule has 1 aliphatic carbocycles. The Morgan fingerprint density at radius 3 is 2.60 bits per heavy atom. The molecule has 2 aliphatic rings. The van der Waals surface area contributed by atoms with Crippen molar-refractivity contribution in [3.05, 3.63) is 109 Å². The van der Waals surface area contributed by atoms with Gasteiger partial charge in [0.05, 0.1) is 4.88 Å². The van der Waals surface area contributed by atoms with Crippen molar-refractivity contribution in [2.75, 3.05) is 19.6 Å². The maximum atomic E-state index is 12.9. The number of carbonyl (C=O) groups is 1. The molecule has 2 aromatic heterocycles. The van der Waals surface area contributed by atoms with E-state index in [0.717, 1.165) is 77.8 Å². The highest BCUT2D eigenvalue weighted by atomic mass is 32.1.